The molecule has 8 rings (SSSR count). The Bertz CT molecular complexity index is 1920. The van der Waals surface area contributed by atoms with Crippen molar-refractivity contribution in [2.24, 2.45) is 4.99 Å². The Morgan fingerprint density at radius 3 is 1.63 bits per heavy atom. The number of ether oxygens (including phenoxy) is 1. The summed E-state index contributed by atoms with van der Waals surface area (Å²) in [5, 5.41) is 5.83. The summed E-state index contributed by atoms with van der Waals surface area (Å²) in [6.45, 7) is 6.52. The third-order valence-corrected chi connectivity index (χ3v) is 18.3. The first-order chi connectivity index (χ1) is 28.1. The molecule has 0 radical (unpaired) electrons. The van der Waals surface area contributed by atoms with Gasteiger partial charge in [0, 0.05) is 23.4 Å². The molecule has 0 N–H and O–H groups in total. The van der Waals surface area contributed by atoms with Crippen molar-refractivity contribution in [2.45, 2.75) is 141 Å². The van der Waals surface area contributed by atoms with Crippen LogP contribution in [-0.4, -0.2) is 29.7 Å². The Morgan fingerprint density at radius 1 is 0.544 bits per heavy atom. The van der Waals surface area contributed by atoms with E-state index in [1.54, 1.807) is 5.30 Å². The minimum Gasteiger partial charge on any atom is -0.490 e. The van der Waals surface area contributed by atoms with Crippen molar-refractivity contribution in [3.63, 3.8) is 0 Å². The molecule has 0 saturated heterocycles. The van der Waals surface area contributed by atoms with Crippen molar-refractivity contribution >= 4 is 43.3 Å². The van der Waals surface area contributed by atoms with Crippen LogP contribution in [0.4, 0.5) is 0 Å². The summed E-state index contributed by atoms with van der Waals surface area (Å²) >= 11 is 0. The van der Waals surface area contributed by atoms with Crippen LogP contribution in [0.2, 0.25) is 0 Å². The molecule has 0 spiro atoms. The molecule has 4 heteroatoms. The number of hydrogen-bond donors (Lipinski definition) is 0. The van der Waals surface area contributed by atoms with Gasteiger partial charge in [0.25, 0.3) is 0 Å². The smallest absolute Gasteiger partial charge is 0.127 e. The molecule has 298 valence electrons. The highest BCUT2D eigenvalue weighted by Crippen LogP contribution is 2.56. The van der Waals surface area contributed by atoms with Gasteiger partial charge >= 0.3 is 0 Å². The molecule has 0 unspecified atom stereocenters. The van der Waals surface area contributed by atoms with Crippen molar-refractivity contribution < 1.29 is 4.74 Å². The van der Waals surface area contributed by atoms with Gasteiger partial charge in [0.2, 0.25) is 0 Å². The summed E-state index contributed by atoms with van der Waals surface area (Å²) in [6, 6.07) is 47.1. The average molecular weight is 794 g/mol. The summed E-state index contributed by atoms with van der Waals surface area (Å²) in [4.78, 5) is 4.97. The van der Waals surface area contributed by atoms with Crippen molar-refractivity contribution in [3.8, 4) is 16.9 Å². The first-order valence-electron chi connectivity index (χ1n) is 22.2. The van der Waals surface area contributed by atoms with Gasteiger partial charge in [-0.05, 0) is 117 Å². The maximum atomic E-state index is 6.31. The van der Waals surface area contributed by atoms with Gasteiger partial charge in [0.15, 0.2) is 0 Å². The molecule has 3 fully saturated rings. The van der Waals surface area contributed by atoms with Gasteiger partial charge < -0.3 is 4.74 Å². The van der Waals surface area contributed by atoms with E-state index in [9.17, 15) is 0 Å². The summed E-state index contributed by atoms with van der Waals surface area (Å²) in [7, 11) is -0.724. The van der Waals surface area contributed by atoms with Gasteiger partial charge in [0.1, 0.15) is 5.75 Å². The highest BCUT2D eigenvalue weighted by molar-refractivity contribution is 7.80. The van der Waals surface area contributed by atoms with Crippen molar-refractivity contribution in [2.75, 3.05) is 0 Å². The topological polar surface area (TPSA) is 21.6 Å². The van der Waals surface area contributed by atoms with Gasteiger partial charge in [-0.2, -0.15) is 0 Å². The minimum absolute atomic E-state index is 0.137. The molecule has 57 heavy (non-hydrogen) atoms. The van der Waals surface area contributed by atoms with Gasteiger partial charge in [0.05, 0.1) is 6.10 Å². The molecule has 0 aliphatic heterocycles. The van der Waals surface area contributed by atoms with Crippen molar-refractivity contribution in [1.82, 2.24) is 0 Å². The molecule has 3 saturated carbocycles. The number of aliphatic imine (C=N–C) groups is 1. The van der Waals surface area contributed by atoms with Gasteiger partial charge in [-0.3, -0.25) is 4.99 Å². The number of aryl methyl sites for hydroxylation is 1. The molecule has 3 aliphatic rings. The summed E-state index contributed by atoms with van der Waals surface area (Å²) in [6.07, 6.45) is 23.2. The van der Waals surface area contributed by atoms with E-state index >= 15 is 0 Å². The van der Waals surface area contributed by atoms with Crippen LogP contribution in [0.25, 0.3) is 11.1 Å². The fraction of sp³-hybridized carbons (Fsp3) is 0.415. The third-order valence-electron chi connectivity index (χ3n) is 12.2. The molecule has 5 aromatic rings. The Hall–Kier alpha value is -3.57. The van der Waals surface area contributed by atoms with E-state index in [-0.39, 0.29) is 14.0 Å². The van der Waals surface area contributed by atoms with E-state index in [0.717, 1.165) is 17.1 Å². The van der Waals surface area contributed by atoms with E-state index in [4.69, 9.17) is 9.73 Å². The SMILES string of the molecule is C(=NC1CCCCC1)c1ccccc1P(c1ccccc1)c1ccccc1.Cc1cccc(OC(C)C)c1-c1ccccc1P(C1CCCCC1)C1CCCCC1. The quantitative estimate of drug-likeness (QED) is 0.0964. The molecule has 2 nitrogen and oxygen atoms in total. The number of nitrogens with zero attached hydrogens (tertiary/aromatic N) is 1. The second-order valence-electron chi connectivity index (χ2n) is 16.8. The van der Waals surface area contributed by atoms with Crippen LogP contribution in [0.15, 0.2) is 132 Å². The summed E-state index contributed by atoms with van der Waals surface area (Å²) in [5.74, 6) is 1.06. The lowest BCUT2D eigenvalue weighted by Crippen LogP contribution is -2.27. The largest absolute Gasteiger partial charge is 0.490 e. The van der Waals surface area contributed by atoms with E-state index < -0.39 is 7.92 Å². The Balaban J connectivity index is 0.000000175. The van der Waals surface area contributed by atoms with E-state index in [0.29, 0.717) is 6.04 Å². The predicted molar refractivity (Wildman–Crippen MR) is 252 cm³/mol. The molecule has 0 heterocycles. The molecule has 5 aromatic carbocycles. The molecular weight excluding hydrogens is 729 g/mol. The Labute approximate surface area is 347 Å². The highest BCUT2D eigenvalue weighted by atomic mass is 31.1. The van der Waals surface area contributed by atoms with Crippen LogP contribution in [0.1, 0.15) is 121 Å². The zero-order valence-corrected chi connectivity index (χ0v) is 36.7. The second kappa shape index (κ2) is 21.4. The van der Waals surface area contributed by atoms with E-state index in [2.05, 4.69) is 154 Å². The van der Waals surface area contributed by atoms with Crippen LogP contribution in [0.3, 0.4) is 0 Å². The zero-order chi connectivity index (χ0) is 39.2. The van der Waals surface area contributed by atoms with Crippen LogP contribution in [0, 0.1) is 6.92 Å². The van der Waals surface area contributed by atoms with Crippen LogP contribution in [0.5, 0.6) is 5.75 Å². The number of rotatable bonds is 11. The summed E-state index contributed by atoms with van der Waals surface area (Å²) < 4.78 is 6.31. The molecular formula is C53H65NOP2. The van der Waals surface area contributed by atoms with Gasteiger partial charge in [-0.1, -0.05) is 187 Å². The number of hydrogen-bond acceptors (Lipinski definition) is 2. The summed E-state index contributed by atoms with van der Waals surface area (Å²) in [5.41, 5.74) is 7.21. The van der Waals surface area contributed by atoms with Gasteiger partial charge in [-0.25, -0.2) is 0 Å². The lowest BCUT2D eigenvalue weighted by molar-refractivity contribution is 0.243. The maximum Gasteiger partial charge on any atom is 0.127 e. The highest BCUT2D eigenvalue weighted by Gasteiger charge is 2.34. The standard InChI is InChI=1S/C28H39OP.C25H26NP/c1-21(2)29-26-19-12-13-22(3)28(26)25-18-10-11-20-27(25)30(23-14-6-4-7-15-23)24-16-8-5-9-17-24;1-4-13-22(14-5-1)26-20-21-12-10-11-19-25(21)27(23-15-6-2-7-16-23)24-17-8-3-9-18-24/h10-13,18-21,23-24H,4-9,14-17H2,1-3H3;2-3,6-12,15-20,22H,1,4-5,13-14H2. The molecule has 0 amide bonds. The van der Waals surface area contributed by atoms with Crippen molar-refractivity contribution in [1.29, 1.82) is 0 Å². The fourth-order valence-corrected chi connectivity index (χ4v) is 15.8. The van der Waals surface area contributed by atoms with Crippen molar-refractivity contribution in [3.05, 3.63) is 139 Å². The van der Waals surface area contributed by atoms with Crippen LogP contribution >= 0.6 is 15.8 Å². The van der Waals surface area contributed by atoms with Gasteiger partial charge in [-0.15, -0.1) is 0 Å². The third kappa shape index (κ3) is 11.1. The number of benzene rings is 5. The van der Waals surface area contributed by atoms with Crippen LogP contribution < -0.4 is 26.0 Å². The first-order valence-corrected chi connectivity index (χ1v) is 25.1. The lowest BCUT2D eigenvalue weighted by atomic mass is 9.96. The van der Waals surface area contributed by atoms with E-state index in [1.807, 2.05) is 0 Å². The average Bonchev–Trinajstić information content (AvgIpc) is 3.26. The Morgan fingerprint density at radius 2 is 1.05 bits per heavy atom. The maximum absolute atomic E-state index is 6.31. The zero-order valence-electron chi connectivity index (χ0n) is 34.9. The predicted octanol–water partition coefficient (Wildman–Crippen LogP) is 13.4. The van der Waals surface area contributed by atoms with Crippen LogP contribution in [-0.2, 0) is 0 Å². The molecule has 0 aromatic heterocycles. The monoisotopic (exact) mass is 793 g/mol. The second-order valence-corrected chi connectivity index (χ2v) is 21.7. The molecule has 0 atom stereocenters. The Kier molecular flexibility index (Phi) is 15.6. The van der Waals surface area contributed by atoms with E-state index in [1.165, 1.54) is 134 Å². The molecule has 0 bridgehead atoms. The lowest BCUT2D eigenvalue weighted by Gasteiger charge is -2.39. The molecule has 3 aliphatic carbocycles. The fourth-order valence-electron chi connectivity index (χ4n) is 9.46. The normalized spacial score (nSPS) is 17.2. The minimum atomic E-state index is -0.587. The first kappa shape index (κ1) is 41.6.